The SMILES string of the molecule is NC(=O)Cc1cc(-c2cccc(C(F)(F)F)c2)nc2c1[nH]c1cc(N3CCCOCC3)ccc12. The first kappa shape index (κ1) is 22.2. The Bertz CT molecular complexity index is 1370. The van der Waals surface area contributed by atoms with Crippen LogP contribution >= 0.6 is 0 Å². The molecule has 1 aliphatic heterocycles. The van der Waals surface area contributed by atoms with Crippen molar-refractivity contribution in [2.75, 3.05) is 31.2 Å². The highest BCUT2D eigenvalue weighted by molar-refractivity contribution is 6.08. The highest BCUT2D eigenvalue weighted by Crippen LogP contribution is 2.35. The Morgan fingerprint density at radius 2 is 1.97 bits per heavy atom. The topological polar surface area (TPSA) is 84.2 Å². The molecule has 4 aromatic rings. The summed E-state index contributed by atoms with van der Waals surface area (Å²) in [4.78, 5) is 22.1. The average molecular weight is 468 g/mol. The van der Waals surface area contributed by atoms with Crippen LogP contribution in [0.5, 0.6) is 0 Å². The van der Waals surface area contributed by atoms with Crippen LogP contribution in [-0.2, 0) is 22.1 Å². The fourth-order valence-electron chi connectivity index (χ4n) is 4.44. The molecule has 0 spiro atoms. The van der Waals surface area contributed by atoms with Crippen molar-refractivity contribution in [1.82, 2.24) is 9.97 Å². The molecule has 1 fully saturated rings. The van der Waals surface area contributed by atoms with E-state index >= 15 is 0 Å². The van der Waals surface area contributed by atoms with E-state index in [1.165, 1.54) is 6.07 Å². The number of nitrogens with one attached hydrogen (secondary N) is 1. The Morgan fingerprint density at radius 1 is 1.12 bits per heavy atom. The third-order valence-corrected chi connectivity index (χ3v) is 6.06. The van der Waals surface area contributed by atoms with Gasteiger partial charge in [0.1, 0.15) is 0 Å². The van der Waals surface area contributed by atoms with Crippen LogP contribution in [0.2, 0.25) is 0 Å². The van der Waals surface area contributed by atoms with Gasteiger partial charge in [0.05, 0.1) is 40.8 Å². The highest BCUT2D eigenvalue weighted by atomic mass is 19.4. The molecule has 34 heavy (non-hydrogen) atoms. The molecule has 0 saturated carbocycles. The second kappa shape index (κ2) is 8.64. The van der Waals surface area contributed by atoms with Gasteiger partial charge in [0.25, 0.3) is 0 Å². The van der Waals surface area contributed by atoms with E-state index in [0.29, 0.717) is 34.5 Å². The van der Waals surface area contributed by atoms with Crippen molar-refractivity contribution in [1.29, 1.82) is 0 Å². The number of primary amides is 1. The predicted octanol–water partition coefficient (Wildman–Crippen LogP) is 4.66. The number of aromatic amines is 1. The molecule has 1 aliphatic rings. The molecular weight excluding hydrogens is 445 g/mol. The number of nitrogens with two attached hydrogens (primary N) is 1. The van der Waals surface area contributed by atoms with Crippen LogP contribution in [0.15, 0.2) is 48.5 Å². The summed E-state index contributed by atoms with van der Waals surface area (Å²) >= 11 is 0. The summed E-state index contributed by atoms with van der Waals surface area (Å²) in [6.45, 7) is 3.08. The number of H-pyrrole nitrogens is 1. The summed E-state index contributed by atoms with van der Waals surface area (Å²) in [6.07, 6.45) is -3.59. The molecule has 0 aliphatic carbocycles. The summed E-state index contributed by atoms with van der Waals surface area (Å²) < 4.78 is 45.3. The fourth-order valence-corrected chi connectivity index (χ4v) is 4.44. The molecule has 0 unspecified atom stereocenters. The normalized spacial score (nSPS) is 15.1. The largest absolute Gasteiger partial charge is 0.416 e. The van der Waals surface area contributed by atoms with E-state index in [1.807, 2.05) is 18.2 Å². The third-order valence-electron chi connectivity index (χ3n) is 6.06. The van der Waals surface area contributed by atoms with Crippen LogP contribution in [-0.4, -0.2) is 42.2 Å². The number of nitrogens with zero attached hydrogens (tertiary/aromatic N) is 2. The Morgan fingerprint density at radius 3 is 2.76 bits per heavy atom. The number of benzene rings is 2. The zero-order valence-electron chi connectivity index (χ0n) is 18.3. The lowest BCUT2D eigenvalue weighted by Gasteiger charge is -2.21. The van der Waals surface area contributed by atoms with E-state index in [9.17, 15) is 18.0 Å². The lowest BCUT2D eigenvalue weighted by molar-refractivity contribution is -0.137. The van der Waals surface area contributed by atoms with E-state index in [4.69, 9.17) is 15.5 Å². The van der Waals surface area contributed by atoms with Crippen molar-refractivity contribution in [2.45, 2.75) is 19.0 Å². The quantitative estimate of drug-likeness (QED) is 0.457. The van der Waals surface area contributed by atoms with E-state index < -0.39 is 17.6 Å². The molecule has 3 heterocycles. The summed E-state index contributed by atoms with van der Waals surface area (Å²) in [5.41, 5.74) is 9.09. The highest BCUT2D eigenvalue weighted by Gasteiger charge is 2.30. The zero-order chi connectivity index (χ0) is 23.9. The Hall–Kier alpha value is -3.59. The van der Waals surface area contributed by atoms with Crippen LogP contribution in [0.3, 0.4) is 0 Å². The first-order valence-corrected chi connectivity index (χ1v) is 11.0. The first-order valence-electron chi connectivity index (χ1n) is 11.0. The number of aromatic nitrogens is 2. The van der Waals surface area contributed by atoms with Gasteiger partial charge in [-0.3, -0.25) is 4.79 Å². The number of amides is 1. The molecule has 1 amide bonds. The van der Waals surface area contributed by atoms with Gasteiger partial charge in [-0.15, -0.1) is 0 Å². The van der Waals surface area contributed by atoms with Gasteiger partial charge in [0.15, 0.2) is 0 Å². The predicted molar refractivity (Wildman–Crippen MR) is 125 cm³/mol. The van der Waals surface area contributed by atoms with Crippen LogP contribution in [0, 0.1) is 0 Å². The van der Waals surface area contributed by atoms with E-state index in [-0.39, 0.29) is 6.42 Å². The van der Waals surface area contributed by atoms with Gasteiger partial charge in [-0.05, 0) is 48.4 Å². The molecule has 3 N–H and O–H groups in total. The molecule has 2 aromatic heterocycles. The smallest absolute Gasteiger partial charge is 0.380 e. The van der Waals surface area contributed by atoms with Gasteiger partial charge in [0, 0.05) is 36.3 Å². The number of pyridine rings is 1. The van der Waals surface area contributed by atoms with E-state index in [0.717, 1.165) is 54.8 Å². The Labute approximate surface area is 193 Å². The van der Waals surface area contributed by atoms with Crippen molar-refractivity contribution in [3.8, 4) is 11.3 Å². The Balaban J connectivity index is 1.65. The maximum absolute atomic E-state index is 13.3. The molecule has 0 bridgehead atoms. The number of alkyl halides is 3. The second-order valence-electron chi connectivity index (χ2n) is 8.42. The zero-order valence-corrected chi connectivity index (χ0v) is 18.3. The van der Waals surface area contributed by atoms with Gasteiger partial charge in [-0.2, -0.15) is 13.2 Å². The first-order chi connectivity index (χ1) is 16.3. The summed E-state index contributed by atoms with van der Waals surface area (Å²) in [5, 5.41) is 0.823. The van der Waals surface area contributed by atoms with Crippen molar-refractivity contribution in [3.05, 3.63) is 59.7 Å². The number of carbonyl (C=O) groups excluding carboxylic acids is 1. The summed E-state index contributed by atoms with van der Waals surface area (Å²) in [7, 11) is 0. The lowest BCUT2D eigenvalue weighted by atomic mass is 10.0. The van der Waals surface area contributed by atoms with Gasteiger partial charge in [-0.1, -0.05) is 12.1 Å². The van der Waals surface area contributed by atoms with Crippen molar-refractivity contribution < 1.29 is 22.7 Å². The van der Waals surface area contributed by atoms with Crippen molar-refractivity contribution >= 4 is 33.5 Å². The molecule has 1 saturated heterocycles. The maximum atomic E-state index is 13.3. The number of fused-ring (bicyclic) bond motifs is 3. The van der Waals surface area contributed by atoms with Crippen LogP contribution in [0.1, 0.15) is 17.5 Å². The number of ether oxygens (including phenoxy) is 1. The number of carbonyl (C=O) groups is 1. The molecule has 5 rings (SSSR count). The number of rotatable bonds is 4. The Kier molecular flexibility index (Phi) is 5.65. The van der Waals surface area contributed by atoms with Crippen molar-refractivity contribution in [3.63, 3.8) is 0 Å². The summed E-state index contributed by atoms with van der Waals surface area (Å²) in [5.74, 6) is -0.536. The standard InChI is InChI=1S/C25H23F3N4O2/c26-25(27,28)17-4-1-3-15(11-17)20-12-16(13-22(29)33)23-24(30-20)19-6-5-18(14-21(19)31-23)32-7-2-9-34-10-8-32/h1,3-6,11-12,14,31H,2,7-10,13H2,(H2,29,33). The fraction of sp³-hybridized carbons (Fsp3) is 0.280. The van der Waals surface area contributed by atoms with Crippen molar-refractivity contribution in [2.24, 2.45) is 5.73 Å². The second-order valence-corrected chi connectivity index (χ2v) is 8.42. The van der Waals surface area contributed by atoms with E-state index in [1.54, 1.807) is 12.1 Å². The minimum atomic E-state index is -4.47. The molecule has 176 valence electrons. The maximum Gasteiger partial charge on any atom is 0.416 e. The molecule has 2 aromatic carbocycles. The summed E-state index contributed by atoms with van der Waals surface area (Å²) in [6, 6.07) is 12.6. The van der Waals surface area contributed by atoms with Crippen LogP contribution < -0.4 is 10.6 Å². The van der Waals surface area contributed by atoms with Gasteiger partial charge < -0.3 is 20.4 Å². The molecule has 0 atom stereocenters. The van der Waals surface area contributed by atoms with Crippen LogP contribution in [0.4, 0.5) is 18.9 Å². The number of hydrogen-bond donors (Lipinski definition) is 2. The number of hydrogen-bond acceptors (Lipinski definition) is 4. The molecule has 6 nitrogen and oxygen atoms in total. The molecular formula is C25H23F3N4O2. The minimum Gasteiger partial charge on any atom is -0.380 e. The molecule has 9 heteroatoms. The number of halogens is 3. The molecule has 0 radical (unpaired) electrons. The van der Waals surface area contributed by atoms with Gasteiger partial charge in [0.2, 0.25) is 5.91 Å². The number of anilines is 1. The van der Waals surface area contributed by atoms with Gasteiger partial charge >= 0.3 is 6.18 Å². The monoisotopic (exact) mass is 468 g/mol. The third kappa shape index (κ3) is 4.31. The van der Waals surface area contributed by atoms with Gasteiger partial charge in [-0.25, -0.2) is 4.98 Å². The minimum absolute atomic E-state index is 0.0614. The van der Waals surface area contributed by atoms with Crippen LogP contribution in [0.25, 0.3) is 33.2 Å². The lowest BCUT2D eigenvalue weighted by Crippen LogP contribution is -2.25. The van der Waals surface area contributed by atoms with E-state index in [2.05, 4.69) is 9.88 Å². The average Bonchev–Trinajstić information content (AvgIpc) is 2.96.